The van der Waals surface area contributed by atoms with Gasteiger partial charge in [0.25, 0.3) is 0 Å². The van der Waals surface area contributed by atoms with Crippen LogP contribution in [-0.4, -0.2) is 54.7 Å². The highest BCUT2D eigenvalue weighted by Gasteiger charge is 2.33. The van der Waals surface area contributed by atoms with E-state index in [9.17, 15) is 9.59 Å². The molecule has 0 saturated heterocycles. The fourth-order valence-corrected chi connectivity index (χ4v) is 2.27. The normalized spacial score (nSPS) is 17.0. The van der Waals surface area contributed by atoms with E-state index in [2.05, 4.69) is 16.2 Å². The van der Waals surface area contributed by atoms with Gasteiger partial charge in [-0.15, -0.1) is 0 Å². The standard InChI is InChI=1S/C15H27N3O6/c1-3-23-15(22)13-10(9-24-14(13)16-2)17-18-11(19)7-5-4-6-8-12(20)21/h10,12,16-17,20-21H,3-9H2,1-2H3,(H,18,19)/t10-/m0/s1. The molecule has 0 unspecified atom stereocenters. The zero-order chi connectivity index (χ0) is 17.9. The van der Waals surface area contributed by atoms with Gasteiger partial charge in [0, 0.05) is 13.5 Å². The van der Waals surface area contributed by atoms with Gasteiger partial charge in [-0.2, -0.15) is 0 Å². The largest absolute Gasteiger partial charge is 0.477 e. The number of ether oxygens (including phenoxy) is 2. The average Bonchev–Trinajstić information content (AvgIpc) is 2.95. The molecule has 0 aromatic carbocycles. The van der Waals surface area contributed by atoms with Crippen LogP contribution in [0, 0.1) is 0 Å². The number of hydrogen-bond acceptors (Lipinski definition) is 8. The minimum atomic E-state index is -1.29. The topological polar surface area (TPSA) is 129 Å². The zero-order valence-corrected chi connectivity index (χ0v) is 14.1. The quantitative estimate of drug-likeness (QED) is 0.143. The van der Waals surface area contributed by atoms with Crippen LogP contribution in [0.1, 0.15) is 39.0 Å². The van der Waals surface area contributed by atoms with Crippen molar-refractivity contribution in [2.75, 3.05) is 20.3 Å². The number of aliphatic hydroxyl groups is 2. The third-order valence-corrected chi connectivity index (χ3v) is 3.46. The maximum absolute atomic E-state index is 12.0. The predicted molar refractivity (Wildman–Crippen MR) is 85.0 cm³/mol. The highest BCUT2D eigenvalue weighted by molar-refractivity contribution is 5.91. The molecule has 1 aliphatic rings. The van der Waals surface area contributed by atoms with Gasteiger partial charge in [-0.25, -0.2) is 10.2 Å². The summed E-state index contributed by atoms with van der Waals surface area (Å²) < 4.78 is 10.4. The van der Waals surface area contributed by atoms with E-state index in [4.69, 9.17) is 19.7 Å². The van der Waals surface area contributed by atoms with Crippen molar-refractivity contribution in [3.05, 3.63) is 11.5 Å². The molecule has 1 amide bonds. The van der Waals surface area contributed by atoms with E-state index >= 15 is 0 Å². The highest BCUT2D eigenvalue weighted by Crippen LogP contribution is 2.18. The molecule has 1 aliphatic heterocycles. The summed E-state index contributed by atoms with van der Waals surface area (Å²) in [6.07, 6.45) is 1.34. The molecule has 0 aliphatic carbocycles. The fraction of sp³-hybridized carbons (Fsp3) is 0.733. The third-order valence-electron chi connectivity index (χ3n) is 3.46. The summed E-state index contributed by atoms with van der Waals surface area (Å²) in [5.74, 6) is -0.364. The van der Waals surface area contributed by atoms with Gasteiger partial charge < -0.3 is 25.0 Å². The molecule has 1 rings (SSSR count). The van der Waals surface area contributed by atoms with Crippen LogP contribution in [0.2, 0.25) is 0 Å². The van der Waals surface area contributed by atoms with Crippen molar-refractivity contribution in [3.63, 3.8) is 0 Å². The molecule has 0 fully saturated rings. The van der Waals surface area contributed by atoms with Crippen molar-refractivity contribution in [3.8, 4) is 0 Å². The minimum absolute atomic E-state index is 0.207. The summed E-state index contributed by atoms with van der Waals surface area (Å²) in [6.45, 7) is 2.17. The van der Waals surface area contributed by atoms with Crippen LogP contribution in [0.25, 0.3) is 0 Å². The maximum atomic E-state index is 12.0. The van der Waals surface area contributed by atoms with Crippen molar-refractivity contribution in [1.29, 1.82) is 0 Å². The summed E-state index contributed by atoms with van der Waals surface area (Å²) in [4.78, 5) is 23.8. The maximum Gasteiger partial charge on any atom is 0.341 e. The summed E-state index contributed by atoms with van der Waals surface area (Å²) in [5.41, 5.74) is 5.67. The number of carbonyl (C=O) groups excluding carboxylic acids is 2. The van der Waals surface area contributed by atoms with Gasteiger partial charge in [-0.3, -0.25) is 10.2 Å². The van der Waals surface area contributed by atoms with Crippen molar-refractivity contribution in [2.24, 2.45) is 0 Å². The minimum Gasteiger partial charge on any atom is -0.477 e. The van der Waals surface area contributed by atoms with Gasteiger partial charge in [0.05, 0.1) is 12.6 Å². The van der Waals surface area contributed by atoms with Crippen molar-refractivity contribution in [2.45, 2.75) is 51.4 Å². The van der Waals surface area contributed by atoms with Crippen molar-refractivity contribution < 1.29 is 29.3 Å². The lowest BCUT2D eigenvalue weighted by atomic mass is 10.1. The number of unbranched alkanes of at least 4 members (excludes halogenated alkanes) is 2. The Morgan fingerprint density at radius 1 is 1.33 bits per heavy atom. The number of aliphatic hydroxyl groups excluding tert-OH is 1. The van der Waals surface area contributed by atoms with Crippen LogP contribution in [0.3, 0.4) is 0 Å². The first-order chi connectivity index (χ1) is 11.5. The zero-order valence-electron chi connectivity index (χ0n) is 14.1. The molecule has 0 spiro atoms. The van der Waals surface area contributed by atoms with Gasteiger partial charge in [0.1, 0.15) is 12.2 Å². The number of nitrogens with one attached hydrogen (secondary N) is 3. The average molecular weight is 345 g/mol. The number of esters is 1. The molecule has 1 heterocycles. The van der Waals surface area contributed by atoms with Gasteiger partial charge in [-0.1, -0.05) is 6.42 Å². The first kappa shape index (κ1) is 20.2. The molecule has 9 nitrogen and oxygen atoms in total. The Balaban J connectivity index is 2.36. The smallest absolute Gasteiger partial charge is 0.341 e. The molecule has 0 aromatic heterocycles. The highest BCUT2D eigenvalue weighted by atomic mass is 16.5. The number of rotatable bonds is 11. The van der Waals surface area contributed by atoms with Crippen LogP contribution in [-0.2, 0) is 19.1 Å². The van der Waals surface area contributed by atoms with Crippen molar-refractivity contribution in [1.82, 2.24) is 16.2 Å². The number of hydrogen-bond donors (Lipinski definition) is 5. The van der Waals surface area contributed by atoms with Gasteiger partial charge >= 0.3 is 5.97 Å². The Morgan fingerprint density at radius 2 is 2.08 bits per heavy atom. The molecule has 5 N–H and O–H groups in total. The van der Waals surface area contributed by atoms with Crippen LogP contribution in [0.5, 0.6) is 0 Å². The Labute approximate surface area is 141 Å². The molecule has 1 atom stereocenters. The Morgan fingerprint density at radius 3 is 2.71 bits per heavy atom. The van der Waals surface area contributed by atoms with E-state index in [0.29, 0.717) is 37.1 Å². The SMILES string of the molecule is CCOC(=O)C1=C(NC)OC[C@@H]1NNC(=O)CCCCCC(O)O. The van der Waals surface area contributed by atoms with E-state index in [1.807, 2.05) is 0 Å². The second kappa shape index (κ2) is 10.8. The van der Waals surface area contributed by atoms with Crippen molar-refractivity contribution >= 4 is 11.9 Å². The van der Waals surface area contributed by atoms with E-state index in [-0.39, 0.29) is 19.1 Å². The second-order valence-corrected chi connectivity index (χ2v) is 5.35. The monoisotopic (exact) mass is 345 g/mol. The van der Waals surface area contributed by atoms with E-state index < -0.39 is 18.3 Å². The number of carbonyl (C=O) groups is 2. The number of hydrazine groups is 1. The molecular weight excluding hydrogens is 318 g/mol. The summed E-state index contributed by atoms with van der Waals surface area (Å²) >= 11 is 0. The summed E-state index contributed by atoms with van der Waals surface area (Å²) in [6, 6.07) is -0.486. The lowest BCUT2D eigenvalue weighted by Gasteiger charge is -2.14. The molecule has 138 valence electrons. The van der Waals surface area contributed by atoms with Crippen LogP contribution in [0.4, 0.5) is 0 Å². The Bertz CT molecular complexity index is 452. The lowest BCUT2D eigenvalue weighted by molar-refractivity contribution is -0.139. The van der Waals surface area contributed by atoms with E-state index in [1.54, 1.807) is 14.0 Å². The molecule has 0 saturated carbocycles. The van der Waals surface area contributed by atoms with Gasteiger partial charge in [-0.05, 0) is 26.2 Å². The molecule has 0 aromatic rings. The predicted octanol–water partition coefficient (Wildman–Crippen LogP) is -0.739. The second-order valence-electron chi connectivity index (χ2n) is 5.35. The molecule has 24 heavy (non-hydrogen) atoms. The van der Waals surface area contributed by atoms with Crippen LogP contribution in [0.15, 0.2) is 11.5 Å². The summed E-state index contributed by atoms with van der Waals surface area (Å²) in [7, 11) is 1.64. The van der Waals surface area contributed by atoms with Gasteiger partial charge in [0.2, 0.25) is 5.91 Å². The van der Waals surface area contributed by atoms with E-state index in [1.165, 1.54) is 0 Å². The Kier molecular flexibility index (Phi) is 9.13. The van der Waals surface area contributed by atoms with Gasteiger partial charge in [0.15, 0.2) is 12.2 Å². The van der Waals surface area contributed by atoms with E-state index in [0.717, 1.165) is 6.42 Å². The lowest BCUT2D eigenvalue weighted by Crippen LogP contribution is -2.47. The third kappa shape index (κ3) is 6.73. The molecule has 9 heteroatoms. The first-order valence-corrected chi connectivity index (χ1v) is 8.11. The van der Waals surface area contributed by atoms with Crippen LogP contribution < -0.4 is 16.2 Å². The molecular formula is C15H27N3O6. The number of amides is 1. The Hall–Kier alpha value is -1.84. The van der Waals surface area contributed by atoms with Crippen LogP contribution >= 0.6 is 0 Å². The summed E-state index contributed by atoms with van der Waals surface area (Å²) in [5, 5.41) is 20.2. The molecule has 0 bridgehead atoms. The first-order valence-electron chi connectivity index (χ1n) is 8.11. The molecule has 0 radical (unpaired) electrons. The fourth-order valence-electron chi connectivity index (χ4n) is 2.27.